The fourth-order valence-corrected chi connectivity index (χ4v) is 4.01. The van der Waals surface area contributed by atoms with Crippen LogP contribution in [0, 0.1) is 0 Å². The summed E-state index contributed by atoms with van der Waals surface area (Å²) in [4.78, 5) is 35.1. The van der Waals surface area contributed by atoms with Gasteiger partial charge in [-0.3, -0.25) is 10.1 Å². The number of rotatable bonds is 8. The van der Waals surface area contributed by atoms with E-state index < -0.39 is 30.6 Å². The molecular formula is C27H24N2O6. The van der Waals surface area contributed by atoms with Crippen LogP contribution in [0.25, 0.3) is 17.2 Å². The molecule has 0 radical (unpaired) electrons. The third-order valence-electron chi connectivity index (χ3n) is 5.73. The molecule has 3 aromatic carbocycles. The van der Waals surface area contributed by atoms with Crippen molar-refractivity contribution in [2.75, 3.05) is 18.5 Å². The van der Waals surface area contributed by atoms with Gasteiger partial charge in [-0.15, -0.1) is 0 Å². The molecule has 8 heteroatoms. The summed E-state index contributed by atoms with van der Waals surface area (Å²) in [5, 5.41) is 22.7. The summed E-state index contributed by atoms with van der Waals surface area (Å²) in [7, 11) is 0. The number of aliphatic hydroxyl groups is 1. The lowest BCUT2D eigenvalue weighted by molar-refractivity contribution is -0.142. The number of fused-ring (bicyclic) bond motifs is 3. The van der Waals surface area contributed by atoms with Gasteiger partial charge in [-0.2, -0.15) is 0 Å². The van der Waals surface area contributed by atoms with Crippen LogP contribution in [-0.2, 0) is 14.3 Å². The van der Waals surface area contributed by atoms with Gasteiger partial charge in [0.2, 0.25) is 5.91 Å². The summed E-state index contributed by atoms with van der Waals surface area (Å²) in [6, 6.07) is 21.5. The zero-order valence-corrected chi connectivity index (χ0v) is 18.7. The van der Waals surface area contributed by atoms with Crippen molar-refractivity contribution in [3.8, 4) is 11.1 Å². The number of anilines is 1. The van der Waals surface area contributed by atoms with Crippen molar-refractivity contribution in [3.05, 3.63) is 95.6 Å². The maximum atomic E-state index is 12.4. The average Bonchev–Trinajstić information content (AvgIpc) is 3.19. The number of ether oxygens (including phenoxy) is 1. The third-order valence-corrected chi connectivity index (χ3v) is 5.73. The van der Waals surface area contributed by atoms with Crippen LogP contribution in [0.1, 0.15) is 22.6 Å². The van der Waals surface area contributed by atoms with E-state index >= 15 is 0 Å². The van der Waals surface area contributed by atoms with E-state index in [1.54, 1.807) is 24.3 Å². The molecule has 0 bridgehead atoms. The summed E-state index contributed by atoms with van der Waals surface area (Å²) in [5.74, 6) is -2.00. The van der Waals surface area contributed by atoms with Crippen molar-refractivity contribution in [2.45, 2.75) is 12.0 Å². The minimum Gasteiger partial charge on any atom is -0.480 e. The van der Waals surface area contributed by atoms with E-state index in [-0.39, 0.29) is 12.5 Å². The normalized spacial score (nSPS) is 13.1. The number of nitrogens with one attached hydrogen (secondary N) is 2. The Hall–Kier alpha value is -4.43. The topological polar surface area (TPSA) is 125 Å². The summed E-state index contributed by atoms with van der Waals surface area (Å²) in [6.07, 6.45) is 2.08. The Morgan fingerprint density at radius 1 is 0.914 bits per heavy atom. The number of amides is 2. The highest BCUT2D eigenvalue weighted by Gasteiger charge is 2.29. The molecule has 3 aromatic rings. The molecule has 4 rings (SSSR count). The predicted molar refractivity (Wildman–Crippen MR) is 131 cm³/mol. The molecule has 35 heavy (non-hydrogen) atoms. The fraction of sp³-hybridized carbons (Fsp3) is 0.148. The predicted octanol–water partition coefficient (Wildman–Crippen LogP) is 3.62. The van der Waals surface area contributed by atoms with Crippen molar-refractivity contribution in [3.63, 3.8) is 0 Å². The number of carbonyl (C=O) groups is 3. The van der Waals surface area contributed by atoms with Crippen molar-refractivity contribution in [2.24, 2.45) is 0 Å². The summed E-state index contributed by atoms with van der Waals surface area (Å²) in [6.45, 7) is -0.494. The number of hydrogen-bond acceptors (Lipinski definition) is 5. The molecule has 0 aliphatic heterocycles. The van der Waals surface area contributed by atoms with Gasteiger partial charge < -0.3 is 20.3 Å². The molecule has 1 aliphatic rings. The molecule has 1 unspecified atom stereocenters. The molecule has 1 atom stereocenters. The lowest BCUT2D eigenvalue weighted by Gasteiger charge is -2.14. The number of carboxylic acid groups (broad SMARTS) is 1. The SMILES string of the molecule is O=C(/C=C/c1ccc(NC(=O)OCC2c3ccccc3-c3ccccc32)cc1)NC(CO)C(=O)O. The van der Waals surface area contributed by atoms with Gasteiger partial charge in [0.1, 0.15) is 6.61 Å². The van der Waals surface area contributed by atoms with E-state index in [4.69, 9.17) is 14.9 Å². The molecule has 0 fully saturated rings. The number of benzene rings is 3. The van der Waals surface area contributed by atoms with E-state index in [1.807, 2.05) is 24.3 Å². The standard InChI is InChI=1S/C27H24N2O6/c30-15-24(26(32)33)29-25(31)14-11-17-9-12-18(13-10-17)28-27(34)35-16-23-21-7-3-1-5-19(21)20-6-2-4-8-22(20)23/h1-14,23-24,30H,15-16H2,(H,28,34)(H,29,31)(H,32,33)/b14-11+. The Morgan fingerprint density at radius 2 is 1.51 bits per heavy atom. The molecule has 178 valence electrons. The van der Waals surface area contributed by atoms with Crippen LogP contribution in [0.4, 0.5) is 10.5 Å². The van der Waals surface area contributed by atoms with Gasteiger partial charge >= 0.3 is 12.1 Å². The van der Waals surface area contributed by atoms with Gasteiger partial charge in [-0.1, -0.05) is 60.7 Å². The highest BCUT2D eigenvalue weighted by atomic mass is 16.5. The second-order valence-corrected chi connectivity index (χ2v) is 7.99. The highest BCUT2D eigenvalue weighted by molar-refractivity contribution is 5.94. The second-order valence-electron chi connectivity index (χ2n) is 7.99. The second kappa shape index (κ2) is 10.7. The summed E-state index contributed by atoms with van der Waals surface area (Å²) >= 11 is 0. The van der Waals surface area contributed by atoms with Gasteiger partial charge in [0.05, 0.1) is 6.61 Å². The van der Waals surface area contributed by atoms with Crippen LogP contribution in [0.15, 0.2) is 78.9 Å². The Bertz CT molecular complexity index is 1220. The van der Waals surface area contributed by atoms with Crippen molar-refractivity contribution < 1.29 is 29.3 Å². The van der Waals surface area contributed by atoms with Crippen LogP contribution >= 0.6 is 0 Å². The van der Waals surface area contributed by atoms with Gasteiger partial charge in [0, 0.05) is 17.7 Å². The van der Waals surface area contributed by atoms with Crippen LogP contribution < -0.4 is 10.6 Å². The lowest BCUT2D eigenvalue weighted by Crippen LogP contribution is -2.42. The van der Waals surface area contributed by atoms with Gasteiger partial charge in [-0.25, -0.2) is 9.59 Å². The van der Waals surface area contributed by atoms with Crippen molar-refractivity contribution in [1.82, 2.24) is 5.32 Å². The van der Waals surface area contributed by atoms with Crippen LogP contribution in [-0.4, -0.2) is 47.4 Å². The monoisotopic (exact) mass is 472 g/mol. The van der Waals surface area contributed by atoms with E-state index in [9.17, 15) is 14.4 Å². The molecule has 0 aromatic heterocycles. The number of carboxylic acids is 1. The van der Waals surface area contributed by atoms with Gasteiger partial charge in [0.15, 0.2) is 6.04 Å². The zero-order valence-electron chi connectivity index (χ0n) is 18.7. The van der Waals surface area contributed by atoms with Crippen molar-refractivity contribution in [1.29, 1.82) is 0 Å². The average molecular weight is 472 g/mol. The zero-order chi connectivity index (χ0) is 24.8. The fourth-order valence-electron chi connectivity index (χ4n) is 4.01. The number of aliphatic hydroxyl groups excluding tert-OH is 1. The molecule has 4 N–H and O–H groups in total. The molecule has 0 saturated heterocycles. The molecule has 0 spiro atoms. The van der Waals surface area contributed by atoms with Crippen molar-refractivity contribution >= 4 is 29.7 Å². The van der Waals surface area contributed by atoms with Crippen LogP contribution in [0.5, 0.6) is 0 Å². The summed E-state index contributed by atoms with van der Waals surface area (Å²) in [5.41, 5.74) is 5.77. The Morgan fingerprint density at radius 3 is 2.09 bits per heavy atom. The van der Waals surface area contributed by atoms with Gasteiger partial charge in [0.25, 0.3) is 0 Å². The first-order valence-corrected chi connectivity index (χ1v) is 11.0. The lowest BCUT2D eigenvalue weighted by atomic mass is 9.98. The van der Waals surface area contributed by atoms with Crippen LogP contribution in [0.2, 0.25) is 0 Å². The van der Waals surface area contributed by atoms with E-state index in [0.717, 1.165) is 22.3 Å². The first-order valence-electron chi connectivity index (χ1n) is 11.0. The smallest absolute Gasteiger partial charge is 0.411 e. The third kappa shape index (κ3) is 5.56. The molecule has 0 saturated carbocycles. The molecule has 2 amide bonds. The molecular weight excluding hydrogens is 448 g/mol. The highest BCUT2D eigenvalue weighted by Crippen LogP contribution is 2.44. The molecule has 8 nitrogen and oxygen atoms in total. The number of hydrogen-bond donors (Lipinski definition) is 4. The minimum atomic E-state index is -1.36. The van der Waals surface area contributed by atoms with E-state index in [1.165, 1.54) is 12.2 Å². The first kappa shape index (κ1) is 23.7. The van der Waals surface area contributed by atoms with Crippen LogP contribution in [0.3, 0.4) is 0 Å². The summed E-state index contributed by atoms with van der Waals surface area (Å²) < 4.78 is 5.53. The molecule has 0 heterocycles. The van der Waals surface area contributed by atoms with Gasteiger partial charge in [-0.05, 0) is 46.0 Å². The maximum Gasteiger partial charge on any atom is 0.411 e. The maximum absolute atomic E-state index is 12.4. The molecule has 1 aliphatic carbocycles. The van der Waals surface area contributed by atoms with E-state index in [0.29, 0.717) is 11.3 Å². The Balaban J connectivity index is 1.32. The largest absolute Gasteiger partial charge is 0.480 e. The Labute approximate surface area is 201 Å². The minimum absolute atomic E-state index is 0.0293. The Kier molecular flexibility index (Phi) is 7.23. The number of aliphatic carboxylic acids is 1. The number of carbonyl (C=O) groups excluding carboxylic acids is 2. The quantitative estimate of drug-likeness (QED) is 0.371. The first-order chi connectivity index (χ1) is 17.0. The van der Waals surface area contributed by atoms with E-state index in [2.05, 4.69) is 34.9 Å².